The van der Waals surface area contributed by atoms with Crippen molar-refractivity contribution < 1.29 is 0 Å². The van der Waals surface area contributed by atoms with Gasteiger partial charge in [-0.25, -0.2) is 0 Å². The van der Waals surface area contributed by atoms with E-state index in [2.05, 4.69) is 0 Å². The number of benzene rings is 1. The molecule has 0 amide bonds. The van der Waals surface area contributed by atoms with Crippen LogP contribution in [-0.4, -0.2) is 10.5 Å². The Hall–Kier alpha value is 0.633. The first-order valence-corrected chi connectivity index (χ1v) is 12.5. The standard InChI is InChI=1S/C7H7Cl3Ge/c1-6-4-2-3-5-7(6)11(8,9)10/h2-5H,1H3. The van der Waals surface area contributed by atoms with E-state index in [1.807, 2.05) is 31.2 Å². The van der Waals surface area contributed by atoms with Gasteiger partial charge >= 0.3 is 81.7 Å². The summed E-state index contributed by atoms with van der Waals surface area (Å²) in [5, 5.41) is 0. The predicted molar refractivity (Wildman–Crippen MR) is 54.1 cm³/mol. The quantitative estimate of drug-likeness (QED) is 0.688. The second-order valence-corrected chi connectivity index (χ2v) is 17.4. The Morgan fingerprint density at radius 2 is 1.64 bits per heavy atom. The predicted octanol–water partition coefficient (Wildman–Crippen LogP) is 2.86. The fourth-order valence-corrected chi connectivity index (χ4v) is 5.91. The van der Waals surface area contributed by atoms with Crippen molar-refractivity contribution >= 4 is 44.9 Å². The zero-order valence-electron chi connectivity index (χ0n) is 5.94. The van der Waals surface area contributed by atoms with Crippen molar-refractivity contribution in [3.63, 3.8) is 0 Å². The third-order valence-electron chi connectivity index (χ3n) is 1.45. The maximum atomic E-state index is 5.88. The van der Waals surface area contributed by atoms with Crippen molar-refractivity contribution in [1.29, 1.82) is 0 Å². The summed E-state index contributed by atoms with van der Waals surface area (Å²) in [7, 11) is 14.5. The molecule has 0 saturated heterocycles. The van der Waals surface area contributed by atoms with Crippen molar-refractivity contribution in [1.82, 2.24) is 0 Å². The Morgan fingerprint density at radius 3 is 2.00 bits per heavy atom. The van der Waals surface area contributed by atoms with Crippen LogP contribution in [0.15, 0.2) is 24.3 Å². The first-order chi connectivity index (χ1) is 5.02. The molecule has 0 aliphatic carbocycles. The summed E-state index contributed by atoms with van der Waals surface area (Å²) in [6.45, 7) is 1.96. The SMILES string of the molecule is Cc1cccc[c]1[Ge]([Cl])([Cl])[Cl]. The van der Waals surface area contributed by atoms with E-state index in [0.29, 0.717) is 0 Å². The summed E-state index contributed by atoms with van der Waals surface area (Å²) in [5.41, 5.74) is 1.08. The molecule has 0 atom stereocenters. The Bertz CT molecular complexity index is 254. The summed E-state index contributed by atoms with van der Waals surface area (Å²) in [6.07, 6.45) is 0. The third-order valence-corrected chi connectivity index (χ3v) is 7.08. The normalized spacial score (nSPS) is 11.6. The Kier molecular flexibility index (Phi) is 3.15. The van der Waals surface area contributed by atoms with Crippen molar-refractivity contribution in [3.8, 4) is 0 Å². The van der Waals surface area contributed by atoms with Crippen molar-refractivity contribution in [2.24, 2.45) is 0 Å². The van der Waals surface area contributed by atoms with Gasteiger partial charge in [-0.3, -0.25) is 0 Å². The van der Waals surface area contributed by atoms with E-state index in [9.17, 15) is 0 Å². The molecule has 4 heteroatoms. The van der Waals surface area contributed by atoms with E-state index in [-0.39, 0.29) is 0 Å². The first kappa shape index (κ1) is 9.72. The fraction of sp³-hybridized carbons (Fsp3) is 0.143. The van der Waals surface area contributed by atoms with E-state index in [1.165, 1.54) is 0 Å². The molecule has 0 unspecified atom stereocenters. The minimum atomic E-state index is -3.14. The van der Waals surface area contributed by atoms with Gasteiger partial charge in [-0.2, -0.15) is 0 Å². The molecule has 0 aliphatic heterocycles. The van der Waals surface area contributed by atoms with Crippen LogP contribution in [-0.2, 0) is 0 Å². The van der Waals surface area contributed by atoms with Crippen molar-refractivity contribution in [3.05, 3.63) is 29.8 Å². The summed E-state index contributed by atoms with van der Waals surface area (Å²) in [5.74, 6) is 0. The van der Waals surface area contributed by atoms with Gasteiger partial charge in [0, 0.05) is 0 Å². The fourth-order valence-electron chi connectivity index (χ4n) is 0.891. The molecule has 1 aromatic rings. The van der Waals surface area contributed by atoms with Crippen LogP contribution in [0.2, 0.25) is 0 Å². The Labute approximate surface area is 81.4 Å². The number of rotatable bonds is 1. The molecular weight excluding hydrogens is 263 g/mol. The minimum absolute atomic E-state index is 0.928. The number of hydrogen-bond acceptors (Lipinski definition) is 0. The van der Waals surface area contributed by atoms with Crippen LogP contribution in [0.1, 0.15) is 5.56 Å². The van der Waals surface area contributed by atoms with E-state index in [4.69, 9.17) is 30.0 Å². The molecular formula is C7H7Cl3Ge. The molecule has 0 saturated carbocycles. The first-order valence-electron chi connectivity index (χ1n) is 3.14. The molecule has 0 heterocycles. The Balaban J connectivity index is 3.14. The van der Waals surface area contributed by atoms with Gasteiger partial charge in [-0.05, 0) is 0 Å². The van der Waals surface area contributed by atoms with Gasteiger partial charge in [0.2, 0.25) is 0 Å². The summed E-state index contributed by atoms with van der Waals surface area (Å²) in [4.78, 5) is 0. The molecule has 0 aliphatic rings. The molecule has 0 fully saturated rings. The summed E-state index contributed by atoms with van der Waals surface area (Å²) >= 11 is 0. The van der Waals surface area contributed by atoms with Crippen LogP contribution in [0.4, 0.5) is 0 Å². The number of hydrogen-bond donors (Lipinski definition) is 0. The third kappa shape index (κ3) is 2.55. The van der Waals surface area contributed by atoms with Gasteiger partial charge in [0.25, 0.3) is 0 Å². The van der Waals surface area contributed by atoms with Crippen LogP contribution in [0.5, 0.6) is 0 Å². The molecule has 0 nitrogen and oxygen atoms in total. The van der Waals surface area contributed by atoms with Crippen LogP contribution in [0, 0.1) is 6.92 Å². The van der Waals surface area contributed by atoms with Gasteiger partial charge in [0.15, 0.2) is 0 Å². The van der Waals surface area contributed by atoms with Crippen LogP contribution < -0.4 is 4.40 Å². The maximum absolute atomic E-state index is 5.88. The topological polar surface area (TPSA) is 0 Å². The van der Waals surface area contributed by atoms with Gasteiger partial charge in [0.05, 0.1) is 0 Å². The van der Waals surface area contributed by atoms with Gasteiger partial charge in [-0.1, -0.05) is 0 Å². The zero-order chi connectivity index (χ0) is 8.48. The zero-order valence-corrected chi connectivity index (χ0v) is 10.3. The average Bonchev–Trinajstić information content (AvgIpc) is 1.86. The van der Waals surface area contributed by atoms with Gasteiger partial charge in [0.1, 0.15) is 0 Å². The Morgan fingerprint density at radius 1 is 1.09 bits per heavy atom. The van der Waals surface area contributed by atoms with Crippen molar-refractivity contribution in [2.45, 2.75) is 6.92 Å². The van der Waals surface area contributed by atoms with Crippen LogP contribution in [0.3, 0.4) is 0 Å². The van der Waals surface area contributed by atoms with Crippen molar-refractivity contribution in [2.75, 3.05) is 0 Å². The van der Waals surface area contributed by atoms with E-state index >= 15 is 0 Å². The van der Waals surface area contributed by atoms with E-state index in [1.54, 1.807) is 0 Å². The number of halogens is 3. The molecule has 0 aromatic heterocycles. The van der Waals surface area contributed by atoms with E-state index in [0.717, 1.165) is 9.96 Å². The monoisotopic (exact) mass is 270 g/mol. The molecule has 0 spiro atoms. The van der Waals surface area contributed by atoms with Gasteiger partial charge in [-0.15, -0.1) is 0 Å². The molecule has 0 N–H and O–H groups in total. The summed E-state index contributed by atoms with van der Waals surface area (Å²) < 4.78 is 0.928. The van der Waals surface area contributed by atoms with Crippen LogP contribution in [0.25, 0.3) is 0 Å². The van der Waals surface area contributed by atoms with Gasteiger partial charge < -0.3 is 0 Å². The van der Waals surface area contributed by atoms with E-state index < -0.39 is 10.5 Å². The molecule has 0 bridgehead atoms. The average molecular weight is 270 g/mol. The second-order valence-electron chi connectivity index (χ2n) is 2.31. The second kappa shape index (κ2) is 3.57. The van der Waals surface area contributed by atoms with Crippen LogP contribution >= 0.6 is 30.0 Å². The molecule has 11 heavy (non-hydrogen) atoms. The number of aryl methyl sites for hydroxylation is 1. The molecule has 1 rings (SSSR count). The molecule has 0 radical (unpaired) electrons. The molecule has 1 aromatic carbocycles. The summed E-state index contributed by atoms with van der Waals surface area (Å²) in [6, 6.07) is 7.69. The molecule has 60 valence electrons.